The van der Waals surface area contributed by atoms with Gasteiger partial charge in [0.05, 0.1) is 9.79 Å². The van der Waals surface area contributed by atoms with E-state index >= 15 is 0 Å². The van der Waals surface area contributed by atoms with Gasteiger partial charge in [-0.25, -0.2) is 16.8 Å². The van der Waals surface area contributed by atoms with E-state index in [1.54, 1.807) is 12.1 Å². The number of hydrogen-bond acceptors (Lipinski definition) is 6. The summed E-state index contributed by atoms with van der Waals surface area (Å²) in [4.78, 5) is -0.0109. The summed E-state index contributed by atoms with van der Waals surface area (Å²) in [6.45, 7) is 8.98. The van der Waals surface area contributed by atoms with Crippen LogP contribution in [-0.4, -0.2) is 74.8 Å². The fourth-order valence-corrected chi connectivity index (χ4v) is 12.1. The van der Waals surface area contributed by atoms with Crippen molar-refractivity contribution >= 4 is 90.7 Å². The molecule has 9 heteroatoms. The van der Waals surface area contributed by atoms with Crippen molar-refractivity contribution < 1.29 is 25.9 Å². The molecule has 0 saturated heterocycles. The maximum atomic E-state index is 12.1. The molecule has 0 atom stereocenters. The Bertz CT molecular complexity index is 2100. The maximum Gasteiger partial charge on any atom is 2.00 e. The molecule has 0 radical (unpaired) electrons. The van der Waals surface area contributed by atoms with Gasteiger partial charge in [-0.05, 0) is 119 Å². The first-order valence-electron chi connectivity index (χ1n) is 29.9. The Balaban J connectivity index is 0.000000493. The van der Waals surface area contributed by atoms with Crippen LogP contribution in [0.3, 0.4) is 0 Å². The van der Waals surface area contributed by atoms with Gasteiger partial charge in [0, 0.05) is 0 Å². The minimum atomic E-state index is -4.49. The molecule has 0 aromatic heterocycles. The van der Waals surface area contributed by atoms with Crippen molar-refractivity contribution in [1.82, 2.24) is 0 Å². The van der Waals surface area contributed by atoms with E-state index in [2.05, 4.69) is 64.1 Å². The molecule has 0 fully saturated rings. The van der Waals surface area contributed by atoms with Crippen LogP contribution in [0.4, 0.5) is 0 Å². The molecule has 0 unspecified atom stereocenters. The van der Waals surface area contributed by atoms with Crippen LogP contribution >= 0.6 is 0 Å². The normalized spacial score (nSPS) is 11.8. The van der Waals surface area contributed by atoms with Crippen molar-refractivity contribution in [3.8, 4) is 0 Å². The van der Waals surface area contributed by atoms with Gasteiger partial charge in [-0.3, -0.25) is 0 Å². The van der Waals surface area contributed by atoms with Crippen LogP contribution in [0.1, 0.15) is 281 Å². The van der Waals surface area contributed by atoms with E-state index in [-0.39, 0.29) is 58.7 Å². The molecule has 0 amide bonds. The van der Waals surface area contributed by atoms with E-state index in [9.17, 15) is 25.9 Å². The van der Waals surface area contributed by atoms with Crippen LogP contribution in [0.15, 0.2) is 70.5 Å². The Morgan fingerprint density at radius 2 is 0.521 bits per heavy atom. The minimum Gasteiger partial charge on any atom is -0.744 e. The second-order valence-corrected chi connectivity index (χ2v) is 24.1. The maximum absolute atomic E-state index is 12.1. The smallest absolute Gasteiger partial charge is 0.744 e. The quantitative estimate of drug-likeness (QED) is 0.0248. The van der Waals surface area contributed by atoms with Crippen LogP contribution in [-0.2, 0) is 45.9 Å². The topological polar surface area (TPSA) is 114 Å². The van der Waals surface area contributed by atoms with Gasteiger partial charge in [0.15, 0.2) is 0 Å². The molecule has 0 N–H and O–H groups in total. The van der Waals surface area contributed by atoms with Crippen LogP contribution in [0, 0.1) is 0 Å². The Hall–Kier alpha value is -1.21. The van der Waals surface area contributed by atoms with E-state index in [1.807, 2.05) is 12.1 Å². The molecule has 0 bridgehead atoms. The number of rotatable bonds is 42. The molecule has 0 aliphatic rings. The molecular weight excluding hydrogens is 1070 g/mol. The van der Waals surface area contributed by atoms with E-state index in [4.69, 9.17) is 0 Å². The van der Waals surface area contributed by atoms with Crippen molar-refractivity contribution in [1.29, 1.82) is 0 Å². The van der Waals surface area contributed by atoms with Gasteiger partial charge in [0.2, 0.25) is 0 Å². The summed E-state index contributed by atoms with van der Waals surface area (Å²) in [6, 6.07) is 19.7. The predicted molar refractivity (Wildman–Crippen MR) is 313 cm³/mol. The number of hydrogen-bond donors (Lipinski definition) is 0. The fourth-order valence-electron chi connectivity index (χ4n) is 10.6. The molecule has 73 heavy (non-hydrogen) atoms. The Labute approximate surface area is 489 Å². The van der Waals surface area contributed by atoms with Gasteiger partial charge in [0.25, 0.3) is 0 Å². The number of unbranched alkanes of at least 4 members (excludes halogenated alkanes) is 32. The van der Waals surface area contributed by atoms with Gasteiger partial charge in [-0.2, -0.15) is 0 Å². The molecule has 0 spiro atoms. The molecule has 4 aromatic carbocycles. The molecule has 0 aliphatic heterocycles. The zero-order valence-corrected chi connectivity index (χ0v) is 53.1. The van der Waals surface area contributed by atoms with Gasteiger partial charge < -0.3 is 9.11 Å². The molecule has 6 nitrogen and oxygen atoms in total. The monoisotopic (exact) mass is 1170 g/mol. The first-order valence-corrected chi connectivity index (χ1v) is 32.8. The van der Waals surface area contributed by atoms with Crippen molar-refractivity contribution in [2.75, 3.05) is 0 Å². The number of benzene rings is 4. The molecule has 0 heterocycles. The second kappa shape index (κ2) is 41.8. The summed E-state index contributed by atoms with van der Waals surface area (Å²) in [5, 5.41) is 3.98. The van der Waals surface area contributed by atoms with Crippen molar-refractivity contribution in [3.05, 3.63) is 82.9 Å². The van der Waals surface area contributed by atoms with Crippen LogP contribution in [0.25, 0.3) is 21.5 Å². The van der Waals surface area contributed by atoms with Gasteiger partial charge >= 0.3 is 48.9 Å². The minimum absolute atomic E-state index is 0. The average Bonchev–Trinajstić information content (AvgIpc) is 3.35. The molecular formula is C64H102BaO6S2. The third-order valence-corrected chi connectivity index (χ3v) is 16.9. The summed E-state index contributed by atoms with van der Waals surface area (Å²) in [6.07, 6.45) is 48.3. The average molecular weight is 1170 g/mol. The molecule has 4 rings (SSSR count). The Kier molecular flexibility index (Phi) is 38.9. The molecule has 0 aliphatic carbocycles. The SMILES string of the molecule is CCCCCCCCCCCc1cc2cccc(CCCCCCCCCCC)c2cc1S(=O)(=O)[O-].CCCCCCCCCCCc1cc2cccc(CCCCCCCCCCC)c2cc1S(=O)(=O)[O-].[Ba+2]. The molecule has 0 saturated carbocycles. The van der Waals surface area contributed by atoms with E-state index in [1.165, 1.54) is 193 Å². The van der Waals surface area contributed by atoms with E-state index in [0.29, 0.717) is 24.0 Å². The Morgan fingerprint density at radius 1 is 0.301 bits per heavy atom. The summed E-state index contributed by atoms with van der Waals surface area (Å²) in [7, 11) is -8.99. The standard InChI is InChI=1S/2C32H52O3S.Ba/c2*1-3-5-7-9-11-13-15-17-19-22-28-24-21-25-29-26-30(32(27-31(28)29)36(33,34)35)23-20-18-16-14-12-10-8-6-4-2;/h2*21,24-27H,3-20,22-23H2,1-2H3,(H,33,34,35);/q;;+2/p-2. The molecule has 408 valence electrons. The van der Waals surface area contributed by atoms with Crippen LogP contribution < -0.4 is 0 Å². The second-order valence-electron chi connectivity index (χ2n) is 21.4. The predicted octanol–water partition coefficient (Wildman–Crippen LogP) is 19.4. The first-order chi connectivity index (χ1) is 34.9. The van der Waals surface area contributed by atoms with E-state index < -0.39 is 20.2 Å². The van der Waals surface area contributed by atoms with Crippen LogP contribution in [0.2, 0.25) is 0 Å². The van der Waals surface area contributed by atoms with Crippen molar-refractivity contribution in [2.24, 2.45) is 0 Å². The van der Waals surface area contributed by atoms with Gasteiger partial charge in [-0.1, -0.05) is 270 Å². The summed E-state index contributed by atoms with van der Waals surface area (Å²) >= 11 is 0. The third kappa shape index (κ3) is 29.4. The third-order valence-electron chi connectivity index (χ3n) is 15.0. The van der Waals surface area contributed by atoms with Gasteiger partial charge in [0.1, 0.15) is 20.2 Å². The first kappa shape index (κ1) is 67.9. The number of fused-ring (bicyclic) bond motifs is 2. The zero-order valence-electron chi connectivity index (χ0n) is 47.0. The summed E-state index contributed by atoms with van der Waals surface area (Å²) in [5.74, 6) is 0. The fraction of sp³-hybridized carbons (Fsp3) is 0.688. The molecule has 4 aromatic rings. The largest absolute Gasteiger partial charge is 2.00 e. The Morgan fingerprint density at radius 3 is 0.753 bits per heavy atom. The van der Waals surface area contributed by atoms with Crippen molar-refractivity contribution in [3.63, 3.8) is 0 Å². The van der Waals surface area contributed by atoms with Gasteiger partial charge in [-0.15, -0.1) is 0 Å². The zero-order chi connectivity index (χ0) is 52.1. The van der Waals surface area contributed by atoms with Crippen molar-refractivity contribution in [2.45, 2.75) is 294 Å². The summed E-state index contributed by atoms with van der Waals surface area (Å²) in [5.41, 5.74) is 3.71. The van der Waals surface area contributed by atoms with E-state index in [0.717, 1.165) is 84.0 Å². The van der Waals surface area contributed by atoms with Crippen LogP contribution in [0.5, 0.6) is 0 Å². The summed E-state index contributed by atoms with van der Waals surface area (Å²) < 4.78 is 72.8. The number of aryl methyl sites for hydroxylation is 4.